The number of ether oxygens (including phenoxy) is 1. The molecule has 7 heteroatoms. The molecule has 0 N–H and O–H groups in total. The summed E-state index contributed by atoms with van der Waals surface area (Å²) in [7, 11) is 0. The Bertz CT molecular complexity index is 722. The first-order valence-electron chi connectivity index (χ1n) is 8.38. The van der Waals surface area contributed by atoms with Crippen LogP contribution in [0, 0.1) is 0 Å². The van der Waals surface area contributed by atoms with Crippen molar-refractivity contribution in [2.45, 2.75) is 26.4 Å². The van der Waals surface area contributed by atoms with Crippen LogP contribution in [0.25, 0.3) is 11.3 Å². The fraction of sp³-hybridized carbons (Fsp3) is 0.444. The third-order valence-electron chi connectivity index (χ3n) is 3.86. The standard InChI is InChI=1S/C18H23N5O2/c1-18(2,3)25-17(24)23-11-9-22(10-12-23)16-14(5-4-6-21-16)15-13-19-7-8-20-15/h4-8,13H,9-12H2,1-3H3. The molecule has 1 saturated heterocycles. The van der Waals surface area contributed by atoms with E-state index in [1.54, 1.807) is 29.7 Å². The molecule has 0 saturated carbocycles. The summed E-state index contributed by atoms with van der Waals surface area (Å²) in [6, 6.07) is 3.89. The SMILES string of the molecule is CC(C)(C)OC(=O)N1CCN(c2ncccc2-c2cnccn2)CC1. The van der Waals surface area contributed by atoms with Gasteiger partial charge in [0.25, 0.3) is 0 Å². The highest BCUT2D eigenvalue weighted by Crippen LogP contribution is 2.27. The van der Waals surface area contributed by atoms with Gasteiger partial charge in [0, 0.05) is 50.3 Å². The molecular weight excluding hydrogens is 318 g/mol. The van der Waals surface area contributed by atoms with Gasteiger partial charge in [0.2, 0.25) is 0 Å². The second kappa shape index (κ2) is 7.04. The number of carbonyl (C=O) groups is 1. The van der Waals surface area contributed by atoms with Crippen LogP contribution >= 0.6 is 0 Å². The fourth-order valence-corrected chi connectivity index (χ4v) is 2.71. The molecule has 2 aromatic rings. The van der Waals surface area contributed by atoms with Gasteiger partial charge in [-0.1, -0.05) is 0 Å². The average molecular weight is 341 g/mol. The molecule has 0 aromatic carbocycles. The minimum Gasteiger partial charge on any atom is -0.444 e. The van der Waals surface area contributed by atoms with Crippen LogP contribution in [0.4, 0.5) is 10.6 Å². The Morgan fingerprint density at radius 2 is 1.84 bits per heavy atom. The van der Waals surface area contributed by atoms with Crippen molar-refractivity contribution >= 4 is 11.9 Å². The van der Waals surface area contributed by atoms with Crippen LogP contribution in [-0.2, 0) is 4.74 Å². The molecule has 0 radical (unpaired) electrons. The molecule has 1 aliphatic heterocycles. The molecule has 132 valence electrons. The molecule has 0 bridgehead atoms. The summed E-state index contributed by atoms with van der Waals surface area (Å²) in [5, 5.41) is 0. The van der Waals surface area contributed by atoms with Crippen LogP contribution in [-0.4, -0.2) is 57.7 Å². The van der Waals surface area contributed by atoms with Gasteiger partial charge in [0.1, 0.15) is 11.4 Å². The number of rotatable bonds is 2. The molecule has 25 heavy (non-hydrogen) atoms. The van der Waals surface area contributed by atoms with Gasteiger partial charge in [0.05, 0.1) is 11.9 Å². The lowest BCUT2D eigenvalue weighted by Crippen LogP contribution is -2.50. The van der Waals surface area contributed by atoms with Crippen LogP contribution in [0.1, 0.15) is 20.8 Å². The lowest BCUT2D eigenvalue weighted by Gasteiger charge is -2.36. The van der Waals surface area contributed by atoms with Crippen molar-refractivity contribution in [3.8, 4) is 11.3 Å². The highest BCUT2D eigenvalue weighted by atomic mass is 16.6. The Kier molecular flexibility index (Phi) is 4.83. The van der Waals surface area contributed by atoms with Crippen molar-refractivity contribution in [3.05, 3.63) is 36.9 Å². The first-order chi connectivity index (χ1) is 11.9. The Hall–Kier alpha value is -2.70. The van der Waals surface area contributed by atoms with Crippen molar-refractivity contribution in [1.82, 2.24) is 19.9 Å². The molecule has 0 atom stereocenters. The normalized spacial score (nSPS) is 15.2. The van der Waals surface area contributed by atoms with Crippen LogP contribution < -0.4 is 4.90 Å². The van der Waals surface area contributed by atoms with Crippen LogP contribution in [0.5, 0.6) is 0 Å². The molecular formula is C18H23N5O2. The van der Waals surface area contributed by atoms with Gasteiger partial charge in [-0.25, -0.2) is 9.78 Å². The van der Waals surface area contributed by atoms with Gasteiger partial charge in [-0.3, -0.25) is 9.97 Å². The molecule has 1 aliphatic rings. The van der Waals surface area contributed by atoms with Crippen molar-refractivity contribution in [2.75, 3.05) is 31.1 Å². The van der Waals surface area contributed by atoms with Gasteiger partial charge in [0.15, 0.2) is 0 Å². The van der Waals surface area contributed by atoms with Crippen LogP contribution in [0.2, 0.25) is 0 Å². The second-order valence-corrected chi connectivity index (χ2v) is 6.92. The Morgan fingerprint density at radius 3 is 2.48 bits per heavy atom. The van der Waals surface area contributed by atoms with E-state index in [9.17, 15) is 4.79 Å². The summed E-state index contributed by atoms with van der Waals surface area (Å²) >= 11 is 0. The predicted octanol–water partition coefficient (Wildman–Crippen LogP) is 2.60. The molecule has 2 aromatic heterocycles. The van der Waals surface area contributed by atoms with E-state index < -0.39 is 5.60 Å². The van der Waals surface area contributed by atoms with Gasteiger partial charge >= 0.3 is 6.09 Å². The van der Waals surface area contributed by atoms with Gasteiger partial charge in [-0.05, 0) is 32.9 Å². The maximum absolute atomic E-state index is 12.2. The zero-order valence-corrected chi connectivity index (χ0v) is 14.8. The molecule has 3 rings (SSSR count). The molecule has 7 nitrogen and oxygen atoms in total. The van der Waals surface area contributed by atoms with Crippen molar-refractivity contribution in [2.24, 2.45) is 0 Å². The number of carbonyl (C=O) groups excluding carboxylic acids is 1. The van der Waals surface area contributed by atoms with E-state index in [0.29, 0.717) is 26.2 Å². The van der Waals surface area contributed by atoms with Crippen LogP contribution in [0.3, 0.4) is 0 Å². The number of hydrogen-bond donors (Lipinski definition) is 0. The lowest BCUT2D eigenvalue weighted by atomic mass is 10.1. The number of hydrogen-bond acceptors (Lipinski definition) is 6. The van der Waals surface area contributed by atoms with Crippen molar-refractivity contribution in [3.63, 3.8) is 0 Å². The summed E-state index contributed by atoms with van der Waals surface area (Å²) in [5.41, 5.74) is 1.26. The predicted molar refractivity (Wildman–Crippen MR) is 95.3 cm³/mol. The van der Waals surface area contributed by atoms with Crippen molar-refractivity contribution < 1.29 is 9.53 Å². The third kappa shape index (κ3) is 4.23. The van der Waals surface area contributed by atoms with E-state index in [1.807, 2.05) is 32.9 Å². The Morgan fingerprint density at radius 1 is 1.08 bits per heavy atom. The van der Waals surface area contributed by atoms with Gasteiger partial charge in [-0.2, -0.15) is 0 Å². The summed E-state index contributed by atoms with van der Waals surface area (Å²) in [5.74, 6) is 0.867. The molecule has 1 amide bonds. The second-order valence-electron chi connectivity index (χ2n) is 6.92. The number of amides is 1. The average Bonchev–Trinajstić information content (AvgIpc) is 2.61. The quantitative estimate of drug-likeness (QED) is 0.836. The van der Waals surface area contributed by atoms with E-state index in [2.05, 4.69) is 19.9 Å². The van der Waals surface area contributed by atoms with E-state index in [4.69, 9.17) is 4.74 Å². The van der Waals surface area contributed by atoms with Gasteiger partial charge < -0.3 is 14.5 Å². The van der Waals surface area contributed by atoms with E-state index in [0.717, 1.165) is 17.1 Å². The first-order valence-corrected chi connectivity index (χ1v) is 8.38. The number of piperazine rings is 1. The Labute approximate surface area is 147 Å². The van der Waals surface area contributed by atoms with E-state index in [-0.39, 0.29) is 6.09 Å². The summed E-state index contributed by atoms with van der Waals surface area (Å²) < 4.78 is 5.45. The lowest BCUT2D eigenvalue weighted by molar-refractivity contribution is 0.0240. The smallest absolute Gasteiger partial charge is 0.410 e. The molecule has 3 heterocycles. The number of nitrogens with zero attached hydrogens (tertiary/aromatic N) is 5. The zero-order chi connectivity index (χ0) is 17.9. The first kappa shape index (κ1) is 17.1. The third-order valence-corrected chi connectivity index (χ3v) is 3.86. The van der Waals surface area contributed by atoms with E-state index in [1.165, 1.54) is 0 Å². The largest absolute Gasteiger partial charge is 0.444 e. The van der Waals surface area contributed by atoms with Crippen LogP contribution in [0.15, 0.2) is 36.9 Å². The maximum atomic E-state index is 12.2. The molecule has 0 unspecified atom stereocenters. The molecule has 0 aliphatic carbocycles. The highest BCUT2D eigenvalue weighted by Gasteiger charge is 2.27. The molecule has 1 fully saturated rings. The number of anilines is 1. The van der Waals surface area contributed by atoms with Gasteiger partial charge in [-0.15, -0.1) is 0 Å². The Balaban J connectivity index is 1.71. The topological polar surface area (TPSA) is 71.5 Å². The monoisotopic (exact) mass is 341 g/mol. The van der Waals surface area contributed by atoms with Crippen molar-refractivity contribution in [1.29, 1.82) is 0 Å². The maximum Gasteiger partial charge on any atom is 0.410 e. The summed E-state index contributed by atoms with van der Waals surface area (Å²) in [6.07, 6.45) is 6.57. The van der Waals surface area contributed by atoms with E-state index >= 15 is 0 Å². The summed E-state index contributed by atoms with van der Waals surface area (Å²) in [6.45, 7) is 8.23. The number of pyridine rings is 1. The number of aromatic nitrogens is 3. The fourth-order valence-electron chi connectivity index (χ4n) is 2.71. The summed E-state index contributed by atoms with van der Waals surface area (Å²) in [4.78, 5) is 29.2. The highest BCUT2D eigenvalue weighted by molar-refractivity contribution is 5.73. The minimum absolute atomic E-state index is 0.262. The minimum atomic E-state index is -0.478. The molecule has 0 spiro atoms. The zero-order valence-electron chi connectivity index (χ0n) is 14.8.